The number of carboxylic acid groups (broad SMARTS) is 1. The number of rotatable bonds is 2. The Balaban J connectivity index is 2.09. The maximum atomic E-state index is 13.4. The van der Waals surface area contributed by atoms with Gasteiger partial charge >= 0.3 is 5.97 Å². The molecule has 1 aromatic rings. The number of aromatic carboxylic acids is 1. The number of hydrogen-bond acceptors (Lipinski definition) is 3. The first-order valence-electron chi connectivity index (χ1n) is 6.56. The van der Waals surface area contributed by atoms with Crippen molar-refractivity contribution in [2.75, 3.05) is 4.90 Å². The zero-order valence-corrected chi connectivity index (χ0v) is 11.0. The first-order valence-corrected chi connectivity index (χ1v) is 6.56. The third-order valence-electron chi connectivity index (χ3n) is 3.94. The second kappa shape index (κ2) is 4.80. The van der Waals surface area contributed by atoms with Gasteiger partial charge in [-0.2, -0.15) is 0 Å². The van der Waals surface area contributed by atoms with Crippen LogP contribution in [-0.2, 0) is 9.59 Å². The fraction of sp³-hybridized carbons (Fsp3) is 0.267. The van der Waals surface area contributed by atoms with E-state index in [-0.39, 0.29) is 11.3 Å². The molecular formula is C15H12FNO4. The molecule has 2 atom stereocenters. The third kappa shape index (κ3) is 2.03. The smallest absolute Gasteiger partial charge is 0.337 e. The van der Waals surface area contributed by atoms with Gasteiger partial charge in [-0.25, -0.2) is 14.1 Å². The molecule has 21 heavy (non-hydrogen) atoms. The number of carbonyl (C=O) groups is 3. The van der Waals surface area contributed by atoms with Gasteiger partial charge in [0.2, 0.25) is 11.8 Å². The van der Waals surface area contributed by atoms with E-state index in [1.165, 1.54) is 0 Å². The topological polar surface area (TPSA) is 74.7 Å². The third-order valence-corrected chi connectivity index (χ3v) is 3.94. The lowest BCUT2D eigenvalue weighted by Crippen LogP contribution is -2.32. The van der Waals surface area contributed by atoms with Crippen LogP contribution in [0, 0.1) is 17.7 Å². The molecule has 2 amide bonds. The normalized spacial score (nSPS) is 24.3. The van der Waals surface area contributed by atoms with E-state index in [4.69, 9.17) is 5.11 Å². The molecule has 1 aromatic carbocycles. The molecule has 0 spiro atoms. The van der Waals surface area contributed by atoms with Crippen LogP contribution in [0.3, 0.4) is 0 Å². The molecule has 2 aliphatic rings. The molecule has 1 N–H and O–H groups in total. The second-order valence-corrected chi connectivity index (χ2v) is 5.13. The lowest BCUT2D eigenvalue weighted by atomic mass is 9.85. The molecule has 6 heteroatoms. The van der Waals surface area contributed by atoms with Crippen LogP contribution in [0.2, 0.25) is 0 Å². The molecule has 0 radical (unpaired) electrons. The number of amides is 2. The molecule has 1 fully saturated rings. The van der Waals surface area contributed by atoms with Gasteiger partial charge in [0.25, 0.3) is 0 Å². The van der Waals surface area contributed by atoms with Crippen molar-refractivity contribution in [3.05, 3.63) is 41.7 Å². The standard InChI is InChI=1S/C15H12FNO4/c16-8-5-6-11(15(20)21)12(7-8)17-13(18)9-3-1-2-4-10(9)14(17)19/h1-2,5-7,9-10H,3-4H2,(H,20,21)/t9-,10+. The van der Waals surface area contributed by atoms with Crippen LogP contribution < -0.4 is 4.90 Å². The number of fused-ring (bicyclic) bond motifs is 1. The number of benzene rings is 1. The van der Waals surface area contributed by atoms with Crippen molar-refractivity contribution in [1.29, 1.82) is 0 Å². The summed E-state index contributed by atoms with van der Waals surface area (Å²) in [6.45, 7) is 0. The Morgan fingerprint density at radius 1 is 1.14 bits per heavy atom. The molecule has 1 heterocycles. The first-order chi connectivity index (χ1) is 10.0. The number of anilines is 1. The van der Waals surface area contributed by atoms with E-state index in [2.05, 4.69) is 0 Å². The van der Waals surface area contributed by atoms with E-state index in [1.807, 2.05) is 12.2 Å². The highest BCUT2D eigenvalue weighted by molar-refractivity contribution is 6.23. The minimum Gasteiger partial charge on any atom is -0.478 e. The fourth-order valence-electron chi connectivity index (χ4n) is 2.91. The van der Waals surface area contributed by atoms with Crippen LogP contribution in [0.15, 0.2) is 30.4 Å². The summed E-state index contributed by atoms with van der Waals surface area (Å²) in [5.74, 6) is -3.87. The predicted octanol–water partition coefficient (Wildman–Crippen LogP) is 1.98. The van der Waals surface area contributed by atoms with Crippen LogP contribution in [-0.4, -0.2) is 22.9 Å². The molecule has 5 nitrogen and oxygen atoms in total. The van der Waals surface area contributed by atoms with Crippen LogP contribution >= 0.6 is 0 Å². The largest absolute Gasteiger partial charge is 0.478 e. The summed E-state index contributed by atoms with van der Waals surface area (Å²) in [6.07, 6.45) is 4.56. The zero-order chi connectivity index (χ0) is 15.1. The predicted molar refractivity (Wildman–Crippen MR) is 71.2 cm³/mol. The maximum Gasteiger partial charge on any atom is 0.337 e. The van der Waals surface area contributed by atoms with Gasteiger partial charge in [0.15, 0.2) is 0 Å². The first kappa shape index (κ1) is 13.5. The molecule has 3 rings (SSSR count). The van der Waals surface area contributed by atoms with Crippen LogP contribution in [0.4, 0.5) is 10.1 Å². The van der Waals surface area contributed by atoms with Crippen LogP contribution in [0.5, 0.6) is 0 Å². The van der Waals surface area contributed by atoms with Crippen LogP contribution in [0.25, 0.3) is 0 Å². The monoisotopic (exact) mass is 289 g/mol. The number of nitrogens with zero attached hydrogens (tertiary/aromatic N) is 1. The molecule has 108 valence electrons. The Bertz CT molecular complexity index is 656. The number of carboxylic acids is 1. The van der Waals surface area contributed by atoms with Gasteiger partial charge in [0, 0.05) is 0 Å². The Morgan fingerprint density at radius 2 is 1.71 bits per heavy atom. The van der Waals surface area contributed by atoms with Gasteiger partial charge < -0.3 is 5.11 Å². The van der Waals surface area contributed by atoms with Gasteiger partial charge in [-0.1, -0.05) is 12.2 Å². The van der Waals surface area contributed by atoms with Crippen molar-refractivity contribution in [2.24, 2.45) is 11.8 Å². The lowest BCUT2D eigenvalue weighted by Gasteiger charge is -2.17. The van der Waals surface area contributed by atoms with Gasteiger partial charge in [-0.05, 0) is 31.0 Å². The number of imide groups is 1. The summed E-state index contributed by atoms with van der Waals surface area (Å²) in [5.41, 5.74) is -0.448. The van der Waals surface area contributed by atoms with Crippen molar-refractivity contribution in [3.8, 4) is 0 Å². The van der Waals surface area contributed by atoms with Crippen LogP contribution in [0.1, 0.15) is 23.2 Å². The molecular weight excluding hydrogens is 277 g/mol. The molecule has 1 saturated heterocycles. The Kier molecular flexibility index (Phi) is 3.08. The fourth-order valence-corrected chi connectivity index (χ4v) is 2.91. The van der Waals surface area contributed by atoms with Crippen molar-refractivity contribution >= 4 is 23.5 Å². The molecule has 0 bridgehead atoms. The highest BCUT2D eigenvalue weighted by Gasteiger charge is 2.48. The van der Waals surface area contributed by atoms with E-state index in [0.29, 0.717) is 12.8 Å². The van der Waals surface area contributed by atoms with Crippen molar-refractivity contribution in [2.45, 2.75) is 12.8 Å². The van der Waals surface area contributed by atoms with E-state index in [1.54, 1.807) is 0 Å². The number of hydrogen-bond donors (Lipinski definition) is 1. The number of halogens is 1. The summed E-state index contributed by atoms with van der Waals surface area (Å²) < 4.78 is 13.4. The Hall–Kier alpha value is -2.50. The molecule has 0 aromatic heterocycles. The molecule has 0 saturated carbocycles. The van der Waals surface area contributed by atoms with Crippen molar-refractivity contribution in [3.63, 3.8) is 0 Å². The highest BCUT2D eigenvalue weighted by atomic mass is 19.1. The van der Waals surface area contributed by atoms with Gasteiger partial charge in [-0.3, -0.25) is 9.59 Å². The minimum absolute atomic E-state index is 0.188. The van der Waals surface area contributed by atoms with E-state index < -0.39 is 35.4 Å². The average molecular weight is 289 g/mol. The SMILES string of the molecule is O=C(O)c1ccc(F)cc1N1C(=O)[C@H]2CC=CC[C@H]2C1=O. The number of allylic oxidation sites excluding steroid dienone is 2. The highest BCUT2D eigenvalue weighted by Crippen LogP contribution is 2.38. The van der Waals surface area contributed by atoms with E-state index in [0.717, 1.165) is 23.1 Å². The average Bonchev–Trinajstić information content (AvgIpc) is 2.71. The number of carbonyl (C=O) groups excluding carboxylic acids is 2. The molecule has 1 aliphatic heterocycles. The van der Waals surface area contributed by atoms with Gasteiger partial charge in [0.05, 0.1) is 23.1 Å². The van der Waals surface area contributed by atoms with Gasteiger partial charge in [0.1, 0.15) is 5.82 Å². The van der Waals surface area contributed by atoms with Crippen molar-refractivity contribution < 1.29 is 23.9 Å². The minimum atomic E-state index is -1.31. The summed E-state index contributed by atoms with van der Waals surface area (Å²) in [7, 11) is 0. The zero-order valence-electron chi connectivity index (χ0n) is 11.0. The maximum absolute atomic E-state index is 13.4. The Morgan fingerprint density at radius 3 is 2.24 bits per heavy atom. The molecule has 0 unspecified atom stereocenters. The quantitative estimate of drug-likeness (QED) is 0.667. The summed E-state index contributed by atoms with van der Waals surface area (Å²) >= 11 is 0. The lowest BCUT2D eigenvalue weighted by molar-refractivity contribution is -0.122. The second-order valence-electron chi connectivity index (χ2n) is 5.13. The molecule has 1 aliphatic carbocycles. The van der Waals surface area contributed by atoms with E-state index >= 15 is 0 Å². The summed E-state index contributed by atoms with van der Waals surface area (Å²) in [5, 5.41) is 9.16. The van der Waals surface area contributed by atoms with Gasteiger partial charge in [-0.15, -0.1) is 0 Å². The summed E-state index contributed by atoms with van der Waals surface area (Å²) in [4.78, 5) is 36.8. The Labute approximate surface area is 119 Å². The van der Waals surface area contributed by atoms with Crippen molar-refractivity contribution in [1.82, 2.24) is 0 Å². The summed E-state index contributed by atoms with van der Waals surface area (Å²) in [6, 6.07) is 2.98. The van der Waals surface area contributed by atoms with E-state index in [9.17, 15) is 18.8 Å².